The van der Waals surface area contributed by atoms with Crippen LogP contribution in [0.15, 0.2) is 54.9 Å². The number of hydrogen-bond acceptors (Lipinski definition) is 10. The van der Waals surface area contributed by atoms with Gasteiger partial charge >= 0.3 is 0 Å². The second-order valence-corrected chi connectivity index (χ2v) is 16.7. The van der Waals surface area contributed by atoms with E-state index in [0.29, 0.717) is 53.2 Å². The average Bonchev–Trinajstić information content (AvgIpc) is 3.75. The number of likely N-dealkylation sites (tertiary alicyclic amines) is 1. The highest BCUT2D eigenvalue weighted by atomic mass is 19.1. The first-order valence-corrected chi connectivity index (χ1v) is 20.7. The smallest absolute Gasteiger partial charge is 0.255 e. The molecule has 15 heteroatoms. The lowest BCUT2D eigenvalue weighted by Crippen LogP contribution is -2.52. The van der Waals surface area contributed by atoms with Crippen LogP contribution in [-0.2, 0) is 22.6 Å². The Balaban J connectivity index is 0.758. The molecule has 4 aliphatic rings. The van der Waals surface area contributed by atoms with Gasteiger partial charge in [-0.25, -0.2) is 28.7 Å². The molecule has 0 spiro atoms. The summed E-state index contributed by atoms with van der Waals surface area (Å²) in [5.41, 5.74) is 4.97. The topological polar surface area (TPSA) is 141 Å². The zero-order chi connectivity index (χ0) is 40.9. The van der Waals surface area contributed by atoms with E-state index in [-0.39, 0.29) is 47.3 Å². The van der Waals surface area contributed by atoms with Crippen LogP contribution in [0.2, 0.25) is 0 Å². The Bertz CT molecular complexity index is 2440. The first kappa shape index (κ1) is 38.7. The summed E-state index contributed by atoms with van der Waals surface area (Å²) < 4.78 is 32.1. The molecule has 2 N–H and O–H groups in total. The molecule has 306 valence electrons. The lowest BCUT2D eigenvalue weighted by atomic mass is 9.89. The van der Waals surface area contributed by atoms with E-state index in [2.05, 4.69) is 52.5 Å². The summed E-state index contributed by atoms with van der Waals surface area (Å²) in [4.78, 5) is 61.4. The number of piperidine rings is 3. The molecule has 59 heavy (non-hydrogen) atoms. The highest BCUT2D eigenvalue weighted by molar-refractivity contribution is 6.05. The predicted molar refractivity (Wildman–Crippen MR) is 219 cm³/mol. The Morgan fingerprint density at radius 1 is 0.881 bits per heavy atom. The van der Waals surface area contributed by atoms with Crippen LogP contribution >= 0.6 is 0 Å². The molecule has 7 heterocycles. The monoisotopic (exact) mass is 802 g/mol. The number of hydrogen-bond donors (Lipinski definition) is 2. The van der Waals surface area contributed by atoms with Crippen LogP contribution in [0, 0.1) is 24.5 Å². The Morgan fingerprint density at radius 3 is 2.41 bits per heavy atom. The quantitative estimate of drug-likeness (QED) is 0.159. The van der Waals surface area contributed by atoms with Crippen LogP contribution in [0.5, 0.6) is 0 Å². The molecule has 1 unspecified atom stereocenters. The molecular formula is C44H48F2N10O3. The van der Waals surface area contributed by atoms with Gasteiger partial charge in [-0.1, -0.05) is 6.07 Å². The molecule has 5 aromatic rings. The number of fused-ring (bicyclic) bond motifs is 2. The highest BCUT2D eigenvalue weighted by Crippen LogP contribution is 2.34. The van der Waals surface area contributed by atoms with Crippen molar-refractivity contribution in [1.29, 1.82) is 0 Å². The van der Waals surface area contributed by atoms with Crippen molar-refractivity contribution in [2.75, 3.05) is 36.4 Å². The SMILES string of the molecule is Cc1nc2c(F)cc(-c3nc(Nc4ccc(CC5CCN(C6CCN(c7ccc8c(c7)CN(C7CCC(=O)NC7=O)C8=O)CC6)CC5)cn4)ncc3F)cc2n1C(C)C. The van der Waals surface area contributed by atoms with E-state index in [1.165, 1.54) is 6.07 Å². The van der Waals surface area contributed by atoms with E-state index < -0.39 is 17.7 Å². The van der Waals surface area contributed by atoms with E-state index in [1.54, 1.807) is 11.0 Å². The maximum Gasteiger partial charge on any atom is 0.255 e. The zero-order valence-corrected chi connectivity index (χ0v) is 33.5. The third kappa shape index (κ3) is 7.63. The number of halogens is 2. The average molecular weight is 803 g/mol. The predicted octanol–water partition coefficient (Wildman–Crippen LogP) is 6.48. The number of imide groups is 1. The lowest BCUT2D eigenvalue weighted by Gasteiger charge is -2.42. The Hall–Kier alpha value is -5.83. The first-order valence-electron chi connectivity index (χ1n) is 20.7. The van der Waals surface area contributed by atoms with E-state index in [1.807, 2.05) is 49.7 Å². The van der Waals surface area contributed by atoms with Crippen molar-refractivity contribution in [2.24, 2.45) is 5.92 Å². The zero-order valence-electron chi connectivity index (χ0n) is 33.5. The maximum atomic E-state index is 15.2. The van der Waals surface area contributed by atoms with Crippen LogP contribution in [-0.4, -0.2) is 90.3 Å². The van der Waals surface area contributed by atoms with Crippen molar-refractivity contribution in [3.05, 3.63) is 89.0 Å². The molecule has 0 saturated carbocycles. The number of amides is 3. The molecule has 4 aliphatic heterocycles. The molecule has 9 rings (SSSR count). The molecule has 1 atom stereocenters. The minimum Gasteiger partial charge on any atom is -0.371 e. The minimum absolute atomic E-state index is 0.00890. The van der Waals surface area contributed by atoms with Gasteiger partial charge in [0, 0.05) is 61.1 Å². The molecule has 0 radical (unpaired) electrons. The number of anilines is 3. The largest absolute Gasteiger partial charge is 0.371 e. The van der Waals surface area contributed by atoms with Gasteiger partial charge < -0.3 is 24.6 Å². The normalized spacial score (nSPS) is 19.6. The molecule has 0 bridgehead atoms. The van der Waals surface area contributed by atoms with Gasteiger partial charge in [0.1, 0.15) is 28.9 Å². The summed E-state index contributed by atoms with van der Waals surface area (Å²) in [6.45, 7) is 10.2. The molecule has 2 aromatic carbocycles. The molecule has 3 fully saturated rings. The third-order valence-corrected chi connectivity index (χ3v) is 12.6. The number of nitrogens with one attached hydrogen (secondary N) is 2. The van der Waals surface area contributed by atoms with Gasteiger partial charge in [-0.3, -0.25) is 19.7 Å². The van der Waals surface area contributed by atoms with Gasteiger partial charge in [0.05, 0.1) is 11.7 Å². The molecule has 3 amide bonds. The van der Waals surface area contributed by atoms with Gasteiger partial charge in [-0.05, 0) is 126 Å². The maximum absolute atomic E-state index is 15.2. The number of rotatable bonds is 9. The number of benzene rings is 2. The number of imidazole rings is 1. The number of aromatic nitrogens is 5. The Morgan fingerprint density at radius 2 is 1.68 bits per heavy atom. The second-order valence-electron chi connectivity index (χ2n) is 16.7. The highest BCUT2D eigenvalue weighted by Gasteiger charge is 2.39. The summed E-state index contributed by atoms with van der Waals surface area (Å²) in [6, 6.07) is 12.9. The lowest BCUT2D eigenvalue weighted by molar-refractivity contribution is -0.136. The number of aryl methyl sites for hydroxylation is 1. The number of carbonyl (C=O) groups excluding carboxylic acids is 3. The van der Waals surface area contributed by atoms with Gasteiger partial charge in [0.25, 0.3) is 5.91 Å². The molecule has 13 nitrogen and oxygen atoms in total. The van der Waals surface area contributed by atoms with Gasteiger partial charge in [0.2, 0.25) is 17.8 Å². The standard InChI is InChI=1S/C44H48F2N10O3/c1-25(2)56-26(3)49-41-34(45)20-29(21-37(41)56)40-35(46)23-48-44(52-40)50-38-8-4-28(22-47-38)18-27-10-14-53(15-11-27)31-12-16-54(17-13-31)32-5-6-33-30(19-32)24-55(43(33)59)36-7-9-39(57)51-42(36)58/h4-6,8,19-23,25,27,31,36H,7,9-18,24H2,1-3H3,(H,51,57,58)(H,47,48,50,52). The summed E-state index contributed by atoms with van der Waals surface area (Å²) >= 11 is 0. The van der Waals surface area contributed by atoms with E-state index in [0.717, 1.165) is 81.3 Å². The van der Waals surface area contributed by atoms with Crippen molar-refractivity contribution in [3.63, 3.8) is 0 Å². The molecule has 0 aliphatic carbocycles. The van der Waals surface area contributed by atoms with Gasteiger partial charge in [0.15, 0.2) is 11.6 Å². The van der Waals surface area contributed by atoms with Crippen LogP contribution < -0.4 is 15.5 Å². The van der Waals surface area contributed by atoms with Crippen molar-refractivity contribution in [1.82, 2.24) is 39.6 Å². The summed E-state index contributed by atoms with van der Waals surface area (Å²) in [7, 11) is 0. The number of nitrogens with zero attached hydrogens (tertiary/aromatic N) is 8. The van der Waals surface area contributed by atoms with Crippen LogP contribution in [0.25, 0.3) is 22.3 Å². The van der Waals surface area contributed by atoms with E-state index in [9.17, 15) is 14.4 Å². The Labute approximate surface area is 341 Å². The van der Waals surface area contributed by atoms with Crippen molar-refractivity contribution < 1.29 is 23.2 Å². The van der Waals surface area contributed by atoms with Crippen molar-refractivity contribution >= 4 is 46.2 Å². The molecule has 3 saturated heterocycles. The van der Waals surface area contributed by atoms with Crippen molar-refractivity contribution in [3.8, 4) is 11.3 Å². The van der Waals surface area contributed by atoms with E-state index in [4.69, 9.17) is 0 Å². The van der Waals surface area contributed by atoms with Gasteiger partial charge in [-0.2, -0.15) is 0 Å². The summed E-state index contributed by atoms with van der Waals surface area (Å²) in [5.74, 6) is -0.0552. The number of pyridine rings is 1. The van der Waals surface area contributed by atoms with Crippen LogP contribution in [0.3, 0.4) is 0 Å². The molecular weight excluding hydrogens is 755 g/mol. The number of carbonyl (C=O) groups is 3. The van der Waals surface area contributed by atoms with Crippen LogP contribution in [0.4, 0.5) is 26.2 Å². The second kappa shape index (κ2) is 15.7. The summed E-state index contributed by atoms with van der Waals surface area (Å²) in [6.07, 6.45) is 8.91. The minimum atomic E-state index is -0.654. The fraction of sp³-hybridized carbons (Fsp3) is 0.432. The van der Waals surface area contributed by atoms with Crippen LogP contribution in [0.1, 0.15) is 85.7 Å². The Kier molecular flexibility index (Phi) is 10.3. The van der Waals surface area contributed by atoms with E-state index >= 15 is 8.78 Å². The van der Waals surface area contributed by atoms with Gasteiger partial charge in [-0.15, -0.1) is 0 Å². The molecule has 3 aromatic heterocycles. The first-order chi connectivity index (χ1) is 28.5. The summed E-state index contributed by atoms with van der Waals surface area (Å²) in [5, 5.41) is 5.46. The fourth-order valence-electron chi connectivity index (χ4n) is 9.52. The third-order valence-electron chi connectivity index (χ3n) is 12.6. The van der Waals surface area contributed by atoms with Crippen molar-refractivity contribution in [2.45, 2.75) is 90.4 Å². The fourth-order valence-corrected chi connectivity index (χ4v) is 9.52.